The third kappa shape index (κ3) is 6.31. The second-order valence-electron chi connectivity index (χ2n) is 8.23. The van der Waals surface area contributed by atoms with E-state index in [1.165, 1.54) is 4.90 Å². The number of nitrogens with zero attached hydrogens (tertiary/aromatic N) is 1. The number of carbonyl (C=O) groups excluding carboxylic acids is 2. The Morgan fingerprint density at radius 1 is 1.10 bits per heavy atom. The van der Waals surface area contributed by atoms with Gasteiger partial charge in [-0.05, 0) is 42.0 Å². The predicted octanol–water partition coefficient (Wildman–Crippen LogP) is 4.46. The number of rotatable bonds is 10. The molecule has 1 aliphatic rings. The minimum atomic E-state index is -0.541. The molecule has 0 aliphatic carbocycles. The molecule has 31 heavy (non-hydrogen) atoms. The van der Waals surface area contributed by atoms with E-state index in [0.717, 1.165) is 16.9 Å². The summed E-state index contributed by atoms with van der Waals surface area (Å²) in [4.78, 5) is 26.6. The zero-order valence-electron chi connectivity index (χ0n) is 18.5. The first-order valence-electron chi connectivity index (χ1n) is 10.7. The SMILES string of the molecule is COc1ccc(COC[C@@H](C)C[C@H](C)C(=O)N2C(=O)OC[C@H]2Cc2ccccc2)cc1. The molecule has 0 saturated carbocycles. The van der Waals surface area contributed by atoms with Crippen molar-refractivity contribution in [2.24, 2.45) is 11.8 Å². The molecule has 6 heteroatoms. The second-order valence-corrected chi connectivity index (χ2v) is 8.23. The van der Waals surface area contributed by atoms with Crippen LogP contribution in [0.1, 0.15) is 31.4 Å². The molecule has 2 aromatic carbocycles. The quantitative estimate of drug-likeness (QED) is 0.562. The molecule has 0 unspecified atom stereocenters. The van der Waals surface area contributed by atoms with Crippen LogP contribution in [0.15, 0.2) is 54.6 Å². The maximum absolute atomic E-state index is 13.0. The van der Waals surface area contributed by atoms with Crippen LogP contribution in [0.4, 0.5) is 4.79 Å². The van der Waals surface area contributed by atoms with Crippen LogP contribution in [0.3, 0.4) is 0 Å². The summed E-state index contributed by atoms with van der Waals surface area (Å²) in [6, 6.07) is 17.4. The first-order chi connectivity index (χ1) is 15.0. The molecule has 1 fully saturated rings. The molecule has 2 aromatic rings. The number of hydrogen-bond acceptors (Lipinski definition) is 5. The summed E-state index contributed by atoms with van der Waals surface area (Å²) in [5, 5.41) is 0. The largest absolute Gasteiger partial charge is 0.497 e. The number of imide groups is 1. The monoisotopic (exact) mass is 425 g/mol. The smallest absolute Gasteiger partial charge is 0.416 e. The molecular formula is C25H31NO5. The van der Waals surface area contributed by atoms with Crippen LogP contribution in [-0.4, -0.2) is 43.3 Å². The first-order valence-corrected chi connectivity index (χ1v) is 10.7. The van der Waals surface area contributed by atoms with Gasteiger partial charge in [0.05, 0.1) is 19.8 Å². The second kappa shape index (κ2) is 11.0. The summed E-state index contributed by atoms with van der Waals surface area (Å²) >= 11 is 0. The number of amides is 2. The van der Waals surface area contributed by atoms with Crippen molar-refractivity contribution in [1.82, 2.24) is 4.90 Å². The molecule has 0 aromatic heterocycles. The van der Waals surface area contributed by atoms with Gasteiger partial charge in [0.2, 0.25) is 5.91 Å². The van der Waals surface area contributed by atoms with Crippen LogP contribution >= 0.6 is 0 Å². The van der Waals surface area contributed by atoms with E-state index < -0.39 is 6.09 Å². The Hall–Kier alpha value is -2.86. The molecule has 0 bridgehead atoms. The van der Waals surface area contributed by atoms with Crippen LogP contribution in [-0.2, 0) is 27.3 Å². The van der Waals surface area contributed by atoms with E-state index in [-0.39, 0.29) is 30.4 Å². The average molecular weight is 426 g/mol. The van der Waals surface area contributed by atoms with Gasteiger partial charge in [-0.1, -0.05) is 56.3 Å². The first kappa shape index (κ1) is 22.8. The number of cyclic esters (lactones) is 1. The highest BCUT2D eigenvalue weighted by molar-refractivity contribution is 5.94. The summed E-state index contributed by atoms with van der Waals surface area (Å²) in [6.07, 6.45) is 0.704. The van der Waals surface area contributed by atoms with Crippen molar-refractivity contribution >= 4 is 12.0 Å². The standard InChI is InChI=1S/C25H31NO5/c1-18(15-30-16-21-9-11-23(29-3)12-10-21)13-19(2)24(27)26-22(17-31-25(26)28)14-20-7-5-4-6-8-20/h4-12,18-19,22H,13-17H2,1-3H3/t18-,19-,22+/m0/s1. The van der Waals surface area contributed by atoms with Crippen molar-refractivity contribution < 1.29 is 23.8 Å². The van der Waals surface area contributed by atoms with E-state index >= 15 is 0 Å². The predicted molar refractivity (Wildman–Crippen MR) is 118 cm³/mol. The molecule has 1 heterocycles. The molecule has 1 aliphatic heterocycles. The highest BCUT2D eigenvalue weighted by Gasteiger charge is 2.39. The van der Waals surface area contributed by atoms with Crippen LogP contribution < -0.4 is 4.74 Å². The maximum Gasteiger partial charge on any atom is 0.416 e. The Balaban J connectivity index is 1.48. The third-order valence-corrected chi connectivity index (χ3v) is 5.52. The Bertz CT molecular complexity index is 852. The average Bonchev–Trinajstić information content (AvgIpc) is 3.14. The molecule has 1 saturated heterocycles. The minimum Gasteiger partial charge on any atom is -0.497 e. The molecule has 0 radical (unpaired) electrons. The molecule has 0 N–H and O–H groups in total. The van der Waals surface area contributed by atoms with Gasteiger partial charge >= 0.3 is 6.09 Å². The van der Waals surface area contributed by atoms with Gasteiger partial charge < -0.3 is 14.2 Å². The van der Waals surface area contributed by atoms with E-state index in [2.05, 4.69) is 6.92 Å². The van der Waals surface area contributed by atoms with Gasteiger partial charge in [-0.25, -0.2) is 9.69 Å². The van der Waals surface area contributed by atoms with E-state index in [1.807, 2.05) is 61.5 Å². The molecule has 6 nitrogen and oxygen atoms in total. The zero-order chi connectivity index (χ0) is 22.2. The molecular weight excluding hydrogens is 394 g/mol. The van der Waals surface area contributed by atoms with Gasteiger partial charge in [0, 0.05) is 12.5 Å². The van der Waals surface area contributed by atoms with Crippen molar-refractivity contribution in [1.29, 1.82) is 0 Å². The van der Waals surface area contributed by atoms with Gasteiger partial charge in [0.15, 0.2) is 0 Å². The maximum atomic E-state index is 13.0. The van der Waals surface area contributed by atoms with Crippen LogP contribution in [0.5, 0.6) is 5.75 Å². The lowest BCUT2D eigenvalue weighted by Gasteiger charge is -2.24. The Morgan fingerprint density at radius 2 is 1.81 bits per heavy atom. The molecule has 166 valence electrons. The fourth-order valence-electron chi connectivity index (χ4n) is 3.88. The minimum absolute atomic E-state index is 0.176. The number of carbonyl (C=O) groups is 2. The number of ether oxygens (including phenoxy) is 3. The molecule has 2 amide bonds. The molecule has 3 rings (SSSR count). The van der Waals surface area contributed by atoms with E-state index in [0.29, 0.717) is 26.1 Å². The number of methoxy groups -OCH3 is 1. The number of benzene rings is 2. The summed E-state index contributed by atoms with van der Waals surface area (Å²) < 4.78 is 16.2. The van der Waals surface area contributed by atoms with Gasteiger partial charge in [0.25, 0.3) is 0 Å². The van der Waals surface area contributed by atoms with Crippen molar-refractivity contribution in [3.63, 3.8) is 0 Å². The van der Waals surface area contributed by atoms with Crippen molar-refractivity contribution in [2.45, 2.75) is 39.3 Å². The van der Waals surface area contributed by atoms with E-state index in [4.69, 9.17) is 14.2 Å². The van der Waals surface area contributed by atoms with Crippen molar-refractivity contribution in [3.05, 3.63) is 65.7 Å². The van der Waals surface area contributed by atoms with Gasteiger partial charge in [-0.15, -0.1) is 0 Å². The normalized spacial score (nSPS) is 17.8. The summed E-state index contributed by atoms with van der Waals surface area (Å²) in [5.41, 5.74) is 2.15. The highest BCUT2D eigenvalue weighted by Crippen LogP contribution is 2.23. The van der Waals surface area contributed by atoms with Gasteiger partial charge in [0.1, 0.15) is 12.4 Å². The molecule has 3 atom stereocenters. The number of hydrogen-bond donors (Lipinski definition) is 0. The highest BCUT2D eigenvalue weighted by atomic mass is 16.6. The molecule has 0 spiro atoms. The Kier molecular flexibility index (Phi) is 8.06. The van der Waals surface area contributed by atoms with Crippen molar-refractivity contribution in [2.75, 3.05) is 20.3 Å². The van der Waals surface area contributed by atoms with Gasteiger partial charge in [-0.3, -0.25) is 4.79 Å². The third-order valence-electron chi connectivity index (χ3n) is 5.52. The van der Waals surface area contributed by atoms with Gasteiger partial charge in [-0.2, -0.15) is 0 Å². The summed E-state index contributed by atoms with van der Waals surface area (Å²) in [6.45, 7) is 5.22. The topological polar surface area (TPSA) is 65.1 Å². The lowest BCUT2D eigenvalue weighted by Crippen LogP contribution is -2.43. The summed E-state index contributed by atoms with van der Waals surface area (Å²) in [7, 11) is 1.64. The van der Waals surface area contributed by atoms with Crippen LogP contribution in [0, 0.1) is 11.8 Å². The summed E-state index contributed by atoms with van der Waals surface area (Å²) in [5.74, 6) is 0.535. The fourth-order valence-corrected chi connectivity index (χ4v) is 3.88. The van der Waals surface area contributed by atoms with Crippen LogP contribution in [0.2, 0.25) is 0 Å². The Morgan fingerprint density at radius 3 is 2.48 bits per heavy atom. The van der Waals surface area contributed by atoms with Crippen molar-refractivity contribution in [3.8, 4) is 5.75 Å². The lowest BCUT2D eigenvalue weighted by atomic mass is 9.95. The van der Waals surface area contributed by atoms with E-state index in [1.54, 1.807) is 7.11 Å². The lowest BCUT2D eigenvalue weighted by molar-refractivity contribution is -0.133. The van der Waals surface area contributed by atoms with E-state index in [9.17, 15) is 9.59 Å². The fraction of sp³-hybridized carbons (Fsp3) is 0.440. The van der Waals surface area contributed by atoms with Crippen LogP contribution in [0.25, 0.3) is 0 Å². The Labute approximate surface area is 184 Å². The zero-order valence-corrected chi connectivity index (χ0v) is 18.5.